The van der Waals surface area contributed by atoms with Gasteiger partial charge in [0, 0.05) is 23.0 Å². The molecule has 3 heterocycles. The Kier molecular flexibility index (Phi) is 4.10. The van der Waals surface area contributed by atoms with E-state index in [9.17, 15) is 4.79 Å². The highest BCUT2D eigenvalue weighted by molar-refractivity contribution is 6.31. The zero-order valence-electron chi connectivity index (χ0n) is 15.4. The van der Waals surface area contributed by atoms with Crippen LogP contribution in [0.25, 0.3) is 33.3 Å². The molecule has 4 aromatic rings. The molecule has 1 saturated heterocycles. The Morgan fingerprint density at radius 1 is 1.18 bits per heavy atom. The second kappa shape index (κ2) is 6.65. The number of benzene rings is 2. The maximum Gasteiger partial charge on any atom is 0.261 e. The van der Waals surface area contributed by atoms with Gasteiger partial charge in [0.2, 0.25) is 0 Å². The lowest BCUT2D eigenvalue weighted by Gasteiger charge is -2.18. The molecule has 0 bridgehead atoms. The minimum Gasteiger partial charge on any atom is -0.380 e. The maximum absolute atomic E-state index is 13.1. The van der Waals surface area contributed by atoms with Crippen LogP contribution in [0, 0.1) is 0 Å². The summed E-state index contributed by atoms with van der Waals surface area (Å²) >= 11 is 6.28. The molecular formula is C21H20ClN5O. The number of fused-ring (bicyclic) bond motifs is 2. The molecule has 1 aliphatic rings. The van der Waals surface area contributed by atoms with E-state index in [1.54, 1.807) is 6.07 Å². The van der Waals surface area contributed by atoms with Crippen LogP contribution in [-0.4, -0.2) is 46.0 Å². The summed E-state index contributed by atoms with van der Waals surface area (Å²) in [5.74, 6) is 0.554. The molecule has 1 aliphatic heterocycles. The molecule has 7 heteroatoms. The van der Waals surface area contributed by atoms with Gasteiger partial charge in [-0.05, 0) is 50.3 Å². The van der Waals surface area contributed by atoms with Gasteiger partial charge in [0.05, 0.1) is 22.2 Å². The number of imidazole rings is 1. The van der Waals surface area contributed by atoms with Gasteiger partial charge in [0.1, 0.15) is 11.4 Å². The fourth-order valence-corrected chi connectivity index (χ4v) is 4.14. The molecule has 5 rings (SSSR count). The number of para-hydroxylation sites is 2. The van der Waals surface area contributed by atoms with E-state index in [2.05, 4.69) is 32.2 Å². The lowest BCUT2D eigenvalue weighted by Crippen LogP contribution is -2.25. The molecule has 0 radical (unpaired) electrons. The summed E-state index contributed by atoms with van der Waals surface area (Å²) < 4.78 is 0. The molecule has 3 N–H and O–H groups in total. The van der Waals surface area contributed by atoms with Crippen LogP contribution < -0.4 is 10.9 Å². The summed E-state index contributed by atoms with van der Waals surface area (Å²) in [5.41, 5.74) is 3.59. The molecule has 0 saturated carbocycles. The number of likely N-dealkylation sites (tertiary alicyclic amines) is 1. The maximum atomic E-state index is 13.1. The molecule has 28 heavy (non-hydrogen) atoms. The van der Waals surface area contributed by atoms with Crippen LogP contribution in [0.3, 0.4) is 0 Å². The molecule has 0 unspecified atom stereocenters. The monoisotopic (exact) mass is 393 g/mol. The largest absolute Gasteiger partial charge is 0.380 e. The normalized spacial score (nSPS) is 17.6. The van der Waals surface area contributed by atoms with E-state index >= 15 is 0 Å². The first-order valence-electron chi connectivity index (χ1n) is 9.34. The van der Waals surface area contributed by atoms with E-state index in [-0.39, 0.29) is 11.6 Å². The molecule has 1 atom stereocenters. The van der Waals surface area contributed by atoms with E-state index in [0.717, 1.165) is 47.1 Å². The van der Waals surface area contributed by atoms with Gasteiger partial charge in [0.25, 0.3) is 5.56 Å². The third-order valence-electron chi connectivity index (χ3n) is 5.34. The van der Waals surface area contributed by atoms with Crippen molar-refractivity contribution in [3.05, 3.63) is 57.8 Å². The van der Waals surface area contributed by atoms with Crippen molar-refractivity contribution in [1.82, 2.24) is 19.9 Å². The summed E-state index contributed by atoms with van der Waals surface area (Å²) in [6, 6.07) is 13.5. The number of likely N-dealkylation sites (N-methyl/N-ethyl adjacent to an activating group) is 1. The predicted octanol–water partition coefficient (Wildman–Crippen LogP) is 3.84. The quantitative estimate of drug-likeness (QED) is 0.494. The first-order chi connectivity index (χ1) is 13.6. The van der Waals surface area contributed by atoms with Crippen LogP contribution in [-0.2, 0) is 0 Å². The van der Waals surface area contributed by atoms with Crippen molar-refractivity contribution >= 4 is 39.2 Å². The molecule has 0 aliphatic carbocycles. The van der Waals surface area contributed by atoms with E-state index < -0.39 is 0 Å². The smallest absolute Gasteiger partial charge is 0.261 e. The van der Waals surface area contributed by atoms with Crippen LogP contribution in [0.1, 0.15) is 6.42 Å². The number of aromatic amines is 2. The third-order valence-corrected chi connectivity index (χ3v) is 5.58. The van der Waals surface area contributed by atoms with Crippen LogP contribution in [0.15, 0.2) is 47.3 Å². The van der Waals surface area contributed by atoms with Gasteiger partial charge in [-0.15, -0.1) is 0 Å². The predicted molar refractivity (Wildman–Crippen MR) is 114 cm³/mol. The number of aromatic nitrogens is 3. The highest BCUT2D eigenvalue weighted by atomic mass is 35.5. The number of hydrogen-bond acceptors (Lipinski definition) is 4. The lowest BCUT2D eigenvalue weighted by atomic mass is 10.1. The topological polar surface area (TPSA) is 76.8 Å². The minimum absolute atomic E-state index is 0.178. The van der Waals surface area contributed by atoms with Gasteiger partial charge in [-0.3, -0.25) is 4.79 Å². The van der Waals surface area contributed by atoms with Crippen molar-refractivity contribution in [2.24, 2.45) is 0 Å². The van der Waals surface area contributed by atoms with Gasteiger partial charge in [-0.25, -0.2) is 4.98 Å². The van der Waals surface area contributed by atoms with Crippen molar-refractivity contribution in [1.29, 1.82) is 0 Å². The van der Waals surface area contributed by atoms with E-state index in [0.29, 0.717) is 16.4 Å². The standard InChI is InChI=1S/C21H20ClN5O/c1-27-9-8-13(11-27)23-19-14-10-12(22)6-7-15(14)26-21(28)18(19)20-24-16-4-2-3-5-17(16)25-20/h2-7,10,13H,8-9,11H2,1H3,(H,24,25)(H2,23,26,28)/t13-/m0/s1. The number of H-pyrrole nitrogens is 2. The van der Waals surface area contributed by atoms with E-state index in [1.807, 2.05) is 36.4 Å². The zero-order chi connectivity index (χ0) is 19.3. The number of rotatable bonds is 3. The molecule has 2 aromatic heterocycles. The van der Waals surface area contributed by atoms with Crippen LogP contribution in [0.2, 0.25) is 5.02 Å². The molecule has 0 spiro atoms. The third kappa shape index (κ3) is 2.95. The van der Waals surface area contributed by atoms with Crippen LogP contribution in [0.4, 0.5) is 5.69 Å². The Labute approximate surface area is 166 Å². The van der Waals surface area contributed by atoms with Crippen molar-refractivity contribution in [2.75, 3.05) is 25.5 Å². The first kappa shape index (κ1) is 17.3. The molecule has 1 fully saturated rings. The van der Waals surface area contributed by atoms with Crippen LogP contribution in [0.5, 0.6) is 0 Å². The summed E-state index contributed by atoms with van der Waals surface area (Å²) in [7, 11) is 2.11. The van der Waals surface area contributed by atoms with E-state index in [1.165, 1.54) is 0 Å². The Morgan fingerprint density at radius 3 is 2.82 bits per heavy atom. The Bertz CT molecular complexity index is 1210. The Hall–Kier alpha value is -2.83. The highest BCUT2D eigenvalue weighted by Gasteiger charge is 2.24. The molecule has 0 amide bonds. The Morgan fingerprint density at radius 2 is 2.04 bits per heavy atom. The highest BCUT2D eigenvalue weighted by Crippen LogP contribution is 2.33. The van der Waals surface area contributed by atoms with Gasteiger partial charge in [0.15, 0.2) is 0 Å². The molecule has 2 aromatic carbocycles. The zero-order valence-corrected chi connectivity index (χ0v) is 16.2. The number of hydrogen-bond donors (Lipinski definition) is 3. The van der Waals surface area contributed by atoms with Gasteiger partial charge >= 0.3 is 0 Å². The second-order valence-electron chi connectivity index (χ2n) is 7.39. The summed E-state index contributed by atoms with van der Waals surface area (Å²) in [6.45, 7) is 1.95. The number of pyridine rings is 1. The second-order valence-corrected chi connectivity index (χ2v) is 7.83. The van der Waals surface area contributed by atoms with Crippen molar-refractivity contribution in [3.8, 4) is 11.4 Å². The fraction of sp³-hybridized carbons (Fsp3) is 0.238. The number of nitrogens with one attached hydrogen (secondary N) is 3. The molecular weight excluding hydrogens is 374 g/mol. The number of anilines is 1. The minimum atomic E-state index is -0.178. The SMILES string of the molecule is CN1CC[C@H](Nc2c(-c3nc4ccccc4[nH]3)c(=O)[nH]c3ccc(Cl)cc23)C1. The lowest BCUT2D eigenvalue weighted by molar-refractivity contribution is 0.414. The average molecular weight is 394 g/mol. The summed E-state index contributed by atoms with van der Waals surface area (Å²) in [5, 5.41) is 5.13. The van der Waals surface area contributed by atoms with Crippen molar-refractivity contribution < 1.29 is 0 Å². The van der Waals surface area contributed by atoms with Crippen molar-refractivity contribution in [3.63, 3.8) is 0 Å². The van der Waals surface area contributed by atoms with Crippen molar-refractivity contribution in [2.45, 2.75) is 12.5 Å². The summed E-state index contributed by atoms with van der Waals surface area (Å²) in [6.07, 6.45) is 1.02. The van der Waals surface area contributed by atoms with Gasteiger partial charge < -0.3 is 20.2 Å². The fourth-order valence-electron chi connectivity index (χ4n) is 3.97. The number of nitrogens with zero attached hydrogens (tertiary/aromatic N) is 2. The number of halogens is 1. The van der Waals surface area contributed by atoms with Gasteiger partial charge in [-0.1, -0.05) is 23.7 Å². The van der Waals surface area contributed by atoms with Gasteiger partial charge in [-0.2, -0.15) is 0 Å². The summed E-state index contributed by atoms with van der Waals surface area (Å²) in [4.78, 5) is 26.3. The van der Waals surface area contributed by atoms with Crippen LogP contribution >= 0.6 is 11.6 Å². The van der Waals surface area contributed by atoms with E-state index in [4.69, 9.17) is 11.6 Å². The average Bonchev–Trinajstić information content (AvgIpc) is 3.28. The molecule has 6 nitrogen and oxygen atoms in total. The first-order valence-corrected chi connectivity index (χ1v) is 9.72. The Balaban J connectivity index is 1.75. The molecule has 142 valence electrons.